The van der Waals surface area contributed by atoms with E-state index in [1.54, 1.807) is 49.6 Å². The summed E-state index contributed by atoms with van der Waals surface area (Å²) in [6, 6.07) is 12.0. The number of para-hydroxylation sites is 1. The first-order valence-electron chi connectivity index (χ1n) is 6.21. The normalized spacial score (nSPS) is 9.95. The number of thiocarbonyl (C=S) groups is 1. The first-order valence-corrected chi connectivity index (χ1v) is 7.38. The van der Waals surface area contributed by atoms with E-state index in [0.29, 0.717) is 27.2 Å². The van der Waals surface area contributed by atoms with Gasteiger partial charge in [-0.05, 0) is 24.3 Å². The van der Waals surface area contributed by atoms with Crippen LogP contribution in [0.1, 0.15) is 0 Å². The lowest BCUT2D eigenvalue weighted by Crippen LogP contribution is -2.27. The lowest BCUT2D eigenvalue weighted by atomic mass is 10.3. The van der Waals surface area contributed by atoms with E-state index in [0.717, 1.165) is 0 Å². The van der Waals surface area contributed by atoms with Crippen LogP contribution in [-0.4, -0.2) is 18.0 Å². The van der Waals surface area contributed by atoms with Crippen LogP contribution in [0.15, 0.2) is 42.5 Å². The molecule has 114 valence electrons. The predicted octanol–water partition coefficient (Wildman–Crippen LogP) is 4.38. The highest BCUT2D eigenvalue weighted by Crippen LogP contribution is 2.29. The first-order chi connectivity index (χ1) is 10.5. The topological polar surface area (TPSA) is 50.4 Å². The largest absolute Gasteiger partial charge is 0.497 e. The molecular weight excluding hydrogens is 343 g/mol. The van der Waals surface area contributed by atoms with Crippen LogP contribution in [0.25, 0.3) is 0 Å². The van der Waals surface area contributed by atoms with Crippen molar-refractivity contribution in [3.63, 3.8) is 0 Å². The summed E-state index contributed by atoms with van der Waals surface area (Å²) in [5.41, 5.74) is 0.968. The Hall–Kier alpha value is -1.82. The molecule has 0 aliphatic heterocycles. The van der Waals surface area contributed by atoms with Crippen molar-refractivity contribution in [1.82, 2.24) is 0 Å². The molecule has 0 atom stereocenters. The summed E-state index contributed by atoms with van der Waals surface area (Å²) in [6.45, 7) is 0. The SMILES string of the molecule is COc1cccc(NC(=S)C(=O)Nc2c(Cl)cccc2Cl)c1. The van der Waals surface area contributed by atoms with Gasteiger partial charge >= 0.3 is 0 Å². The molecule has 0 unspecified atom stereocenters. The molecule has 0 fully saturated rings. The van der Waals surface area contributed by atoms with E-state index in [-0.39, 0.29) is 4.99 Å². The van der Waals surface area contributed by atoms with Crippen LogP contribution in [0.2, 0.25) is 10.0 Å². The van der Waals surface area contributed by atoms with Crippen LogP contribution < -0.4 is 15.4 Å². The van der Waals surface area contributed by atoms with Crippen LogP contribution in [0, 0.1) is 0 Å². The second-order valence-corrected chi connectivity index (χ2v) is 5.46. The fourth-order valence-electron chi connectivity index (χ4n) is 1.68. The molecule has 0 spiro atoms. The van der Waals surface area contributed by atoms with Crippen molar-refractivity contribution in [2.45, 2.75) is 0 Å². The minimum atomic E-state index is -0.507. The van der Waals surface area contributed by atoms with E-state index in [4.69, 9.17) is 40.2 Å². The van der Waals surface area contributed by atoms with Crippen LogP contribution in [0.4, 0.5) is 11.4 Å². The van der Waals surface area contributed by atoms with Crippen molar-refractivity contribution in [3.8, 4) is 5.75 Å². The third-order valence-electron chi connectivity index (χ3n) is 2.74. The van der Waals surface area contributed by atoms with Gasteiger partial charge in [0.2, 0.25) is 0 Å². The highest BCUT2D eigenvalue weighted by Gasteiger charge is 2.14. The van der Waals surface area contributed by atoms with E-state index in [9.17, 15) is 4.79 Å². The van der Waals surface area contributed by atoms with E-state index >= 15 is 0 Å². The van der Waals surface area contributed by atoms with Crippen molar-refractivity contribution in [2.75, 3.05) is 17.7 Å². The predicted molar refractivity (Wildman–Crippen MR) is 94.3 cm³/mol. The Morgan fingerprint density at radius 1 is 1.09 bits per heavy atom. The van der Waals surface area contributed by atoms with Gasteiger partial charge in [-0.1, -0.05) is 47.6 Å². The number of benzene rings is 2. The van der Waals surface area contributed by atoms with Gasteiger partial charge in [-0.3, -0.25) is 4.79 Å². The van der Waals surface area contributed by atoms with Gasteiger partial charge in [0.1, 0.15) is 5.75 Å². The Labute approximate surface area is 143 Å². The fourth-order valence-corrected chi connectivity index (χ4v) is 2.34. The van der Waals surface area contributed by atoms with Crippen molar-refractivity contribution >= 4 is 57.7 Å². The number of rotatable bonds is 3. The maximum atomic E-state index is 12.1. The van der Waals surface area contributed by atoms with Gasteiger partial charge in [0.15, 0.2) is 4.99 Å². The second-order valence-electron chi connectivity index (χ2n) is 4.24. The van der Waals surface area contributed by atoms with Crippen LogP contribution in [-0.2, 0) is 4.79 Å². The maximum Gasteiger partial charge on any atom is 0.283 e. The Bertz CT molecular complexity index is 702. The number of carbonyl (C=O) groups excluding carboxylic acids is 1. The summed E-state index contributed by atoms with van der Waals surface area (Å²) >= 11 is 17.1. The quantitative estimate of drug-likeness (QED) is 0.803. The summed E-state index contributed by atoms with van der Waals surface area (Å²) in [6.07, 6.45) is 0. The minimum Gasteiger partial charge on any atom is -0.497 e. The molecule has 22 heavy (non-hydrogen) atoms. The standard InChI is InChI=1S/C15H12Cl2N2O2S/c1-21-10-5-2-4-9(8-10)18-15(22)14(20)19-13-11(16)6-3-7-12(13)17/h2-8H,1H3,(H,18,22)(H,19,20). The molecular formula is C15H12Cl2N2O2S. The molecule has 2 aromatic carbocycles. The van der Waals surface area contributed by atoms with Crippen LogP contribution in [0.3, 0.4) is 0 Å². The molecule has 2 N–H and O–H groups in total. The zero-order valence-electron chi connectivity index (χ0n) is 11.5. The average Bonchev–Trinajstić information content (AvgIpc) is 2.51. The van der Waals surface area contributed by atoms with Gasteiger partial charge in [-0.2, -0.15) is 0 Å². The summed E-state index contributed by atoms with van der Waals surface area (Å²) in [5, 5.41) is 6.09. The molecule has 0 aromatic heterocycles. The van der Waals surface area contributed by atoms with Gasteiger partial charge in [-0.25, -0.2) is 0 Å². The Balaban J connectivity index is 2.08. The van der Waals surface area contributed by atoms with Gasteiger partial charge in [0.25, 0.3) is 5.91 Å². The monoisotopic (exact) mass is 354 g/mol. The molecule has 4 nitrogen and oxygen atoms in total. The lowest BCUT2D eigenvalue weighted by Gasteiger charge is -2.11. The number of hydrogen-bond acceptors (Lipinski definition) is 3. The molecule has 7 heteroatoms. The molecule has 2 rings (SSSR count). The van der Waals surface area contributed by atoms with Crippen molar-refractivity contribution in [1.29, 1.82) is 0 Å². The molecule has 1 amide bonds. The lowest BCUT2D eigenvalue weighted by molar-refractivity contribution is -0.110. The molecule has 0 bridgehead atoms. The molecule has 0 aliphatic carbocycles. The zero-order chi connectivity index (χ0) is 16.1. The number of halogens is 2. The van der Waals surface area contributed by atoms with Gasteiger partial charge in [0.05, 0.1) is 22.8 Å². The highest BCUT2D eigenvalue weighted by atomic mass is 35.5. The van der Waals surface area contributed by atoms with E-state index in [1.807, 2.05) is 0 Å². The number of anilines is 2. The average molecular weight is 355 g/mol. The zero-order valence-corrected chi connectivity index (χ0v) is 13.9. The number of hydrogen-bond donors (Lipinski definition) is 2. The smallest absolute Gasteiger partial charge is 0.283 e. The Kier molecular flexibility index (Phi) is 5.60. The van der Waals surface area contributed by atoms with Gasteiger partial charge < -0.3 is 15.4 Å². The number of ether oxygens (including phenoxy) is 1. The summed E-state index contributed by atoms with van der Waals surface area (Å²) in [5.74, 6) is 0.148. The van der Waals surface area contributed by atoms with E-state index in [2.05, 4.69) is 10.6 Å². The molecule has 0 radical (unpaired) electrons. The maximum absolute atomic E-state index is 12.1. The first kappa shape index (κ1) is 16.5. The number of carbonyl (C=O) groups is 1. The number of nitrogens with one attached hydrogen (secondary N) is 2. The molecule has 2 aromatic rings. The minimum absolute atomic E-state index is 0.00996. The summed E-state index contributed by atoms with van der Waals surface area (Å²) in [4.78, 5) is 12.1. The molecule has 0 heterocycles. The third-order valence-corrected chi connectivity index (χ3v) is 3.65. The molecule has 0 aliphatic rings. The van der Waals surface area contributed by atoms with Crippen molar-refractivity contribution in [3.05, 3.63) is 52.5 Å². The van der Waals surface area contributed by atoms with E-state index in [1.165, 1.54) is 0 Å². The van der Waals surface area contributed by atoms with Crippen LogP contribution >= 0.6 is 35.4 Å². The molecule has 0 saturated carbocycles. The Morgan fingerprint density at radius 2 is 1.73 bits per heavy atom. The van der Waals surface area contributed by atoms with Gasteiger partial charge in [0, 0.05) is 11.8 Å². The highest BCUT2D eigenvalue weighted by molar-refractivity contribution is 7.82. The number of methoxy groups -OCH3 is 1. The van der Waals surface area contributed by atoms with Crippen LogP contribution in [0.5, 0.6) is 5.75 Å². The number of amides is 1. The third kappa shape index (κ3) is 4.10. The van der Waals surface area contributed by atoms with Crippen molar-refractivity contribution < 1.29 is 9.53 Å². The summed E-state index contributed by atoms with van der Waals surface area (Å²) in [7, 11) is 1.56. The summed E-state index contributed by atoms with van der Waals surface area (Å²) < 4.78 is 5.11. The van der Waals surface area contributed by atoms with Crippen molar-refractivity contribution in [2.24, 2.45) is 0 Å². The fraction of sp³-hybridized carbons (Fsp3) is 0.0667. The Morgan fingerprint density at radius 3 is 2.36 bits per heavy atom. The van der Waals surface area contributed by atoms with Gasteiger partial charge in [-0.15, -0.1) is 0 Å². The second kappa shape index (κ2) is 7.45. The molecule has 0 saturated heterocycles. The van der Waals surface area contributed by atoms with E-state index < -0.39 is 5.91 Å².